The summed E-state index contributed by atoms with van der Waals surface area (Å²) in [6.45, 7) is 1.29. The van der Waals surface area contributed by atoms with Gasteiger partial charge >= 0.3 is 0 Å². The molecule has 2 rings (SSSR count). The molecule has 0 heterocycles. The summed E-state index contributed by atoms with van der Waals surface area (Å²) < 4.78 is 30.2. The third kappa shape index (κ3) is 5.17. The van der Waals surface area contributed by atoms with Crippen molar-refractivity contribution < 1.29 is 22.9 Å². The molecule has 1 amide bonds. The van der Waals surface area contributed by atoms with E-state index >= 15 is 0 Å². The lowest BCUT2D eigenvalue weighted by atomic mass is 10.2. The van der Waals surface area contributed by atoms with E-state index in [-0.39, 0.29) is 11.4 Å². The number of benzene rings is 2. The molecule has 27 heavy (non-hydrogen) atoms. The van der Waals surface area contributed by atoms with Gasteiger partial charge in [-0.15, -0.1) is 0 Å². The first-order chi connectivity index (χ1) is 12.6. The van der Waals surface area contributed by atoms with E-state index in [0.29, 0.717) is 11.4 Å². The molecule has 0 aromatic heterocycles. The number of sulfonamides is 1. The third-order valence-corrected chi connectivity index (χ3v) is 4.79. The Labute approximate surface area is 156 Å². The molecule has 0 saturated heterocycles. The first-order valence-corrected chi connectivity index (χ1v) is 9.63. The number of anilines is 2. The maximum absolute atomic E-state index is 12.4. The fraction of sp³-hybridized carbons (Fsp3) is 0.235. The van der Waals surface area contributed by atoms with Crippen molar-refractivity contribution in [3.05, 3.63) is 58.1 Å². The van der Waals surface area contributed by atoms with Crippen LogP contribution in [0.5, 0.6) is 5.75 Å². The van der Waals surface area contributed by atoms with Crippen molar-refractivity contribution in [1.29, 1.82) is 0 Å². The molecule has 0 atom stereocenters. The maximum atomic E-state index is 12.4. The molecule has 0 aliphatic carbocycles. The Morgan fingerprint density at radius 1 is 1.26 bits per heavy atom. The summed E-state index contributed by atoms with van der Waals surface area (Å²) in [5.74, 6) is -0.189. The fourth-order valence-corrected chi connectivity index (χ4v) is 3.25. The lowest BCUT2D eigenvalue weighted by molar-refractivity contribution is -0.384. The summed E-state index contributed by atoms with van der Waals surface area (Å²) >= 11 is 0. The van der Waals surface area contributed by atoms with E-state index in [2.05, 4.69) is 5.32 Å². The minimum Gasteiger partial charge on any atom is -0.495 e. The summed E-state index contributed by atoms with van der Waals surface area (Å²) in [7, 11) is -2.40. The van der Waals surface area contributed by atoms with E-state index in [9.17, 15) is 23.3 Å². The molecular formula is C17H19N3O6S. The number of carbonyl (C=O) groups excluding carboxylic acids is 1. The summed E-state index contributed by atoms with van der Waals surface area (Å²) in [6, 6.07) is 10.3. The highest BCUT2D eigenvalue weighted by atomic mass is 32.2. The average Bonchev–Trinajstić information content (AvgIpc) is 2.59. The molecule has 2 aromatic rings. The summed E-state index contributed by atoms with van der Waals surface area (Å²) in [4.78, 5) is 22.7. The molecule has 2 aromatic carbocycles. The van der Waals surface area contributed by atoms with Crippen molar-refractivity contribution in [3.8, 4) is 5.75 Å². The van der Waals surface area contributed by atoms with Crippen LogP contribution >= 0.6 is 0 Å². The number of amides is 1. The van der Waals surface area contributed by atoms with E-state index in [4.69, 9.17) is 4.74 Å². The van der Waals surface area contributed by atoms with Gasteiger partial charge in [-0.25, -0.2) is 8.42 Å². The van der Waals surface area contributed by atoms with Gasteiger partial charge in [0, 0.05) is 12.1 Å². The number of hydrogen-bond donors (Lipinski definition) is 1. The van der Waals surface area contributed by atoms with Crippen LogP contribution in [0.25, 0.3) is 0 Å². The van der Waals surface area contributed by atoms with Crippen LogP contribution in [0.2, 0.25) is 0 Å². The van der Waals surface area contributed by atoms with Gasteiger partial charge in [-0.3, -0.25) is 19.2 Å². The van der Waals surface area contributed by atoms with Crippen LogP contribution in [0, 0.1) is 17.0 Å². The molecule has 1 N–H and O–H groups in total. The first kappa shape index (κ1) is 20.2. The molecule has 0 aliphatic heterocycles. The normalized spacial score (nSPS) is 10.9. The second-order valence-electron chi connectivity index (χ2n) is 5.80. The molecule has 0 aliphatic rings. The van der Waals surface area contributed by atoms with E-state index in [1.54, 1.807) is 18.2 Å². The Kier molecular flexibility index (Phi) is 6.01. The van der Waals surface area contributed by atoms with Gasteiger partial charge in [0.15, 0.2) is 0 Å². The fourth-order valence-electron chi connectivity index (χ4n) is 2.40. The highest BCUT2D eigenvalue weighted by Crippen LogP contribution is 2.26. The summed E-state index contributed by atoms with van der Waals surface area (Å²) in [5.41, 5.74) is 1.03. The highest BCUT2D eigenvalue weighted by Gasteiger charge is 2.23. The van der Waals surface area contributed by atoms with E-state index in [0.717, 1.165) is 22.2 Å². The van der Waals surface area contributed by atoms with Crippen molar-refractivity contribution >= 4 is 33.0 Å². The van der Waals surface area contributed by atoms with Crippen molar-refractivity contribution in [2.75, 3.05) is 29.5 Å². The Balaban J connectivity index is 2.30. The number of carbonyl (C=O) groups is 1. The molecule has 0 spiro atoms. The number of methoxy groups -OCH3 is 1. The second-order valence-corrected chi connectivity index (χ2v) is 7.71. The number of rotatable bonds is 7. The Bertz CT molecular complexity index is 974. The molecule has 0 bridgehead atoms. The van der Waals surface area contributed by atoms with Crippen molar-refractivity contribution in [2.24, 2.45) is 0 Å². The number of non-ortho nitro benzene ring substituents is 1. The molecule has 0 fully saturated rings. The van der Waals surface area contributed by atoms with Crippen LogP contribution in [0.3, 0.4) is 0 Å². The van der Waals surface area contributed by atoms with Crippen LogP contribution in [-0.2, 0) is 14.8 Å². The standard InChI is InChI=1S/C17H19N3O6S/c1-12-7-8-16(26-2)15(9-12)18-17(21)11-19(27(3,24)25)13-5-4-6-14(10-13)20(22)23/h4-10H,11H2,1-3H3,(H,18,21). The maximum Gasteiger partial charge on any atom is 0.271 e. The molecule has 0 radical (unpaired) electrons. The van der Waals surface area contributed by atoms with Crippen LogP contribution in [0.15, 0.2) is 42.5 Å². The Morgan fingerprint density at radius 3 is 2.56 bits per heavy atom. The van der Waals surface area contributed by atoms with E-state index in [1.165, 1.54) is 25.3 Å². The topological polar surface area (TPSA) is 119 Å². The molecule has 0 unspecified atom stereocenters. The van der Waals surface area contributed by atoms with E-state index < -0.39 is 27.4 Å². The number of ether oxygens (including phenoxy) is 1. The van der Waals surface area contributed by atoms with Gasteiger partial charge in [-0.1, -0.05) is 12.1 Å². The number of aryl methyl sites for hydroxylation is 1. The predicted molar refractivity (Wildman–Crippen MR) is 102 cm³/mol. The first-order valence-electron chi connectivity index (χ1n) is 7.78. The molecule has 144 valence electrons. The SMILES string of the molecule is COc1ccc(C)cc1NC(=O)CN(c1cccc([N+](=O)[O-])c1)S(C)(=O)=O. The molecule has 0 saturated carbocycles. The van der Waals surface area contributed by atoms with Gasteiger partial charge in [0.1, 0.15) is 12.3 Å². The summed E-state index contributed by atoms with van der Waals surface area (Å²) in [5, 5.41) is 13.5. The average molecular weight is 393 g/mol. The Morgan fingerprint density at radius 2 is 1.96 bits per heavy atom. The minimum absolute atomic E-state index is 0.0260. The van der Waals surface area contributed by atoms with Gasteiger partial charge in [0.25, 0.3) is 5.69 Å². The van der Waals surface area contributed by atoms with Gasteiger partial charge in [-0.05, 0) is 30.7 Å². The van der Waals surface area contributed by atoms with Crippen molar-refractivity contribution in [2.45, 2.75) is 6.92 Å². The van der Waals surface area contributed by atoms with Crippen LogP contribution in [0.4, 0.5) is 17.1 Å². The van der Waals surface area contributed by atoms with Gasteiger partial charge < -0.3 is 10.1 Å². The van der Waals surface area contributed by atoms with Gasteiger partial charge in [0.05, 0.1) is 29.7 Å². The highest BCUT2D eigenvalue weighted by molar-refractivity contribution is 7.92. The lowest BCUT2D eigenvalue weighted by Crippen LogP contribution is -2.37. The Hall–Kier alpha value is -3.14. The second kappa shape index (κ2) is 8.04. The molecule has 10 heteroatoms. The quantitative estimate of drug-likeness (QED) is 0.569. The number of nitro benzene ring substituents is 1. The molecular weight excluding hydrogens is 374 g/mol. The van der Waals surface area contributed by atoms with Crippen LogP contribution < -0.4 is 14.4 Å². The van der Waals surface area contributed by atoms with Crippen LogP contribution in [-0.4, -0.2) is 39.2 Å². The largest absolute Gasteiger partial charge is 0.495 e. The van der Waals surface area contributed by atoms with Crippen molar-refractivity contribution in [3.63, 3.8) is 0 Å². The zero-order valence-electron chi connectivity index (χ0n) is 15.0. The number of nitro groups is 1. The monoisotopic (exact) mass is 393 g/mol. The predicted octanol–water partition coefficient (Wildman–Crippen LogP) is 2.32. The van der Waals surface area contributed by atoms with Gasteiger partial charge in [-0.2, -0.15) is 0 Å². The van der Waals surface area contributed by atoms with Crippen molar-refractivity contribution in [1.82, 2.24) is 0 Å². The smallest absolute Gasteiger partial charge is 0.271 e. The van der Waals surface area contributed by atoms with Crippen LogP contribution in [0.1, 0.15) is 5.56 Å². The number of hydrogen-bond acceptors (Lipinski definition) is 6. The van der Waals surface area contributed by atoms with Gasteiger partial charge in [0.2, 0.25) is 15.9 Å². The molecule has 9 nitrogen and oxygen atoms in total. The third-order valence-electron chi connectivity index (χ3n) is 3.65. The summed E-state index contributed by atoms with van der Waals surface area (Å²) in [6.07, 6.45) is 0.923. The van der Waals surface area contributed by atoms with E-state index in [1.807, 2.05) is 6.92 Å². The number of nitrogens with one attached hydrogen (secondary N) is 1. The zero-order valence-corrected chi connectivity index (χ0v) is 15.8. The zero-order chi connectivity index (χ0) is 20.2. The minimum atomic E-state index is -3.85. The number of nitrogens with zero attached hydrogens (tertiary/aromatic N) is 2. The lowest BCUT2D eigenvalue weighted by Gasteiger charge is -2.22.